The van der Waals surface area contributed by atoms with Gasteiger partial charge in [0.25, 0.3) is 0 Å². The van der Waals surface area contributed by atoms with Crippen molar-refractivity contribution in [3.05, 3.63) is 53.8 Å². The number of rotatable bonds is 6. The van der Waals surface area contributed by atoms with E-state index in [1.54, 1.807) is 12.1 Å². The van der Waals surface area contributed by atoms with Crippen molar-refractivity contribution in [3.63, 3.8) is 0 Å². The number of ether oxygens (including phenoxy) is 2. The van der Waals surface area contributed by atoms with Crippen LogP contribution in [-0.2, 0) is 26.2 Å². The third-order valence-corrected chi connectivity index (χ3v) is 6.42. The Kier molecular flexibility index (Phi) is 6.10. The summed E-state index contributed by atoms with van der Waals surface area (Å²) in [5.74, 6) is -0.510. The van der Waals surface area contributed by atoms with Crippen molar-refractivity contribution < 1.29 is 27.4 Å². The summed E-state index contributed by atoms with van der Waals surface area (Å²) in [5.41, 5.74) is 0. The molecule has 9 nitrogen and oxygen atoms in total. The van der Waals surface area contributed by atoms with Crippen LogP contribution in [0, 0.1) is 11.1 Å². The van der Waals surface area contributed by atoms with Gasteiger partial charge in [-0.25, -0.2) is 13.1 Å². The van der Waals surface area contributed by atoms with Crippen LogP contribution in [0.1, 0.15) is 18.7 Å². The van der Waals surface area contributed by atoms with Crippen LogP contribution < -0.4 is 9.47 Å². The number of esters is 1. The van der Waals surface area contributed by atoms with E-state index in [2.05, 4.69) is 4.98 Å². The lowest BCUT2D eigenvalue weighted by Gasteiger charge is -2.30. The first-order valence-electron chi connectivity index (χ1n) is 8.75. The van der Waals surface area contributed by atoms with Gasteiger partial charge in [0.2, 0.25) is 10.0 Å². The Hall–Kier alpha value is -2.72. The molecule has 2 aromatic rings. The number of hydrogen-bond acceptors (Lipinski definition) is 7. The lowest BCUT2D eigenvalue weighted by atomic mass is 10.00. The van der Waals surface area contributed by atoms with Gasteiger partial charge in [0, 0.05) is 19.2 Å². The van der Waals surface area contributed by atoms with E-state index in [-0.39, 0.29) is 23.9 Å². The summed E-state index contributed by atoms with van der Waals surface area (Å²) < 4.78 is 37.8. The number of methoxy groups -OCH3 is 1. The minimum Gasteiger partial charge on any atom is -0.711 e. The van der Waals surface area contributed by atoms with Crippen molar-refractivity contribution in [2.24, 2.45) is 5.92 Å². The van der Waals surface area contributed by atoms with Gasteiger partial charge in [-0.05, 0) is 42.1 Å². The Bertz CT molecular complexity index is 933. The molecule has 1 aliphatic heterocycles. The van der Waals surface area contributed by atoms with Gasteiger partial charge in [0.05, 0.1) is 24.1 Å². The largest absolute Gasteiger partial charge is 0.711 e. The first-order chi connectivity index (χ1) is 13.4. The highest BCUT2D eigenvalue weighted by Crippen LogP contribution is 2.25. The van der Waals surface area contributed by atoms with Gasteiger partial charge in [-0.3, -0.25) is 4.79 Å². The monoisotopic (exact) mass is 407 g/mol. The van der Waals surface area contributed by atoms with Crippen LogP contribution in [0.2, 0.25) is 0 Å². The second-order valence-corrected chi connectivity index (χ2v) is 8.29. The molecule has 0 bridgehead atoms. The first-order valence-corrected chi connectivity index (χ1v) is 10.2. The molecule has 0 spiro atoms. The van der Waals surface area contributed by atoms with Gasteiger partial charge in [-0.1, -0.05) is 0 Å². The number of carbonyl (C=O) groups excluding carboxylic acids is 1. The lowest BCUT2D eigenvalue weighted by Crippen LogP contribution is -2.43. The highest BCUT2D eigenvalue weighted by Gasteiger charge is 2.34. The Morgan fingerprint density at radius 3 is 2.79 bits per heavy atom. The molecule has 10 heteroatoms. The zero-order chi connectivity index (χ0) is 20.1. The number of hydrogen-bond donors (Lipinski definition) is 0. The fourth-order valence-electron chi connectivity index (χ4n) is 2.99. The summed E-state index contributed by atoms with van der Waals surface area (Å²) >= 11 is 0. The predicted octanol–water partition coefficient (Wildman–Crippen LogP) is 0.868. The summed E-state index contributed by atoms with van der Waals surface area (Å²) in [6.45, 7) is 0.108. The molecule has 0 aliphatic carbocycles. The van der Waals surface area contributed by atoms with Crippen molar-refractivity contribution in [1.82, 2.24) is 9.29 Å². The second kappa shape index (κ2) is 8.53. The molecule has 28 heavy (non-hydrogen) atoms. The molecule has 0 saturated carbocycles. The summed E-state index contributed by atoms with van der Waals surface area (Å²) in [4.78, 5) is 16.4. The quantitative estimate of drug-likeness (QED) is 0.397. The van der Waals surface area contributed by atoms with E-state index in [0.717, 1.165) is 0 Å². The summed E-state index contributed by atoms with van der Waals surface area (Å²) in [5, 5.41) is 11.6. The average Bonchev–Trinajstić information content (AvgIpc) is 2.73. The molecule has 2 heterocycles. The minimum atomic E-state index is -3.72. The Labute approximate surface area is 163 Å². The maximum absolute atomic E-state index is 12.9. The summed E-state index contributed by atoms with van der Waals surface area (Å²) in [7, 11) is -2.22. The fourth-order valence-corrected chi connectivity index (χ4v) is 4.52. The molecule has 0 N–H and O–H groups in total. The molecular formula is C18H21N3O6S. The van der Waals surface area contributed by atoms with Crippen LogP contribution in [0.15, 0.2) is 47.6 Å². The van der Waals surface area contributed by atoms with Crippen molar-refractivity contribution in [2.75, 3.05) is 20.2 Å². The van der Waals surface area contributed by atoms with E-state index >= 15 is 0 Å². The third kappa shape index (κ3) is 4.39. The van der Waals surface area contributed by atoms with Gasteiger partial charge >= 0.3 is 11.8 Å². The Balaban J connectivity index is 1.65. The SMILES string of the molecule is COc1ccc(S(=O)(=O)N2CCCC(C(=O)OCc3nccc[n+]3[O-])C2)cc1. The Morgan fingerprint density at radius 1 is 1.36 bits per heavy atom. The molecule has 1 aromatic heterocycles. The van der Waals surface area contributed by atoms with Crippen LogP contribution in [0.25, 0.3) is 0 Å². The maximum Gasteiger partial charge on any atom is 0.339 e. The number of nitrogens with zero attached hydrogens (tertiary/aromatic N) is 3. The van der Waals surface area contributed by atoms with Gasteiger partial charge in [0.15, 0.2) is 6.61 Å². The van der Waals surface area contributed by atoms with Crippen molar-refractivity contribution in [1.29, 1.82) is 0 Å². The number of sulfonamides is 1. The highest BCUT2D eigenvalue weighted by atomic mass is 32.2. The topological polar surface area (TPSA) is 113 Å². The summed E-state index contributed by atoms with van der Waals surface area (Å²) in [6.07, 6.45) is 3.76. The van der Waals surface area contributed by atoms with Gasteiger partial charge in [0.1, 0.15) is 11.9 Å². The second-order valence-electron chi connectivity index (χ2n) is 6.35. The molecule has 1 atom stereocenters. The molecule has 1 unspecified atom stereocenters. The van der Waals surface area contributed by atoms with E-state index in [0.29, 0.717) is 29.9 Å². The van der Waals surface area contributed by atoms with E-state index in [9.17, 15) is 18.4 Å². The standard InChI is InChI=1S/C18H21N3O6S/c1-26-15-5-7-16(8-6-15)28(24,25)20-10-2-4-14(12-20)18(22)27-13-17-19-9-3-11-21(17)23/h3,5-9,11,14H,2,4,10,12-13H2,1H3. The molecule has 3 rings (SSSR count). The van der Waals surface area contributed by atoms with Crippen LogP contribution >= 0.6 is 0 Å². The molecule has 1 aliphatic rings. The number of piperidine rings is 1. The molecule has 0 radical (unpaired) electrons. The van der Waals surface area contributed by atoms with Crippen molar-refractivity contribution in [3.8, 4) is 5.75 Å². The third-order valence-electron chi connectivity index (χ3n) is 4.54. The minimum absolute atomic E-state index is 0.0345. The molecular weight excluding hydrogens is 386 g/mol. The molecule has 0 amide bonds. The van der Waals surface area contributed by atoms with Crippen LogP contribution in [0.4, 0.5) is 0 Å². The molecule has 1 fully saturated rings. The van der Waals surface area contributed by atoms with Crippen LogP contribution in [0.3, 0.4) is 0 Å². The first kappa shape index (κ1) is 20.0. The van der Waals surface area contributed by atoms with E-state index < -0.39 is 21.9 Å². The average molecular weight is 407 g/mol. The fraction of sp³-hybridized carbons (Fsp3) is 0.389. The van der Waals surface area contributed by atoms with Crippen LogP contribution in [-0.4, -0.2) is 43.9 Å². The zero-order valence-electron chi connectivity index (χ0n) is 15.4. The van der Waals surface area contributed by atoms with Gasteiger partial charge in [-0.2, -0.15) is 4.31 Å². The summed E-state index contributed by atoms with van der Waals surface area (Å²) in [6, 6.07) is 7.58. The maximum atomic E-state index is 12.9. The molecule has 1 saturated heterocycles. The zero-order valence-corrected chi connectivity index (χ0v) is 16.2. The van der Waals surface area contributed by atoms with Gasteiger partial charge in [-0.15, -0.1) is 0 Å². The molecule has 1 aromatic carbocycles. The number of benzene rings is 1. The highest BCUT2D eigenvalue weighted by molar-refractivity contribution is 7.89. The Morgan fingerprint density at radius 2 is 2.11 bits per heavy atom. The number of carbonyl (C=O) groups is 1. The number of aromatic nitrogens is 2. The smallest absolute Gasteiger partial charge is 0.339 e. The predicted molar refractivity (Wildman–Crippen MR) is 97.5 cm³/mol. The lowest BCUT2D eigenvalue weighted by molar-refractivity contribution is -0.620. The van der Waals surface area contributed by atoms with Gasteiger partial charge < -0.3 is 14.7 Å². The van der Waals surface area contributed by atoms with E-state index in [1.165, 1.54) is 42.0 Å². The van der Waals surface area contributed by atoms with Crippen LogP contribution in [0.5, 0.6) is 5.75 Å². The van der Waals surface area contributed by atoms with E-state index in [4.69, 9.17) is 9.47 Å². The normalized spacial score (nSPS) is 17.8. The van der Waals surface area contributed by atoms with Crippen molar-refractivity contribution in [2.45, 2.75) is 24.3 Å². The molecule has 150 valence electrons. The van der Waals surface area contributed by atoms with Crippen molar-refractivity contribution >= 4 is 16.0 Å². The van der Waals surface area contributed by atoms with E-state index in [1.807, 2.05) is 0 Å².